The predicted octanol–water partition coefficient (Wildman–Crippen LogP) is 4.38. The molecule has 0 aliphatic carbocycles. The van der Waals surface area contributed by atoms with Gasteiger partial charge in [-0.25, -0.2) is 8.78 Å². The van der Waals surface area contributed by atoms with E-state index < -0.39 is 28.1 Å². The van der Waals surface area contributed by atoms with Crippen molar-refractivity contribution in [1.82, 2.24) is 4.98 Å². The number of nitro groups is 1. The molecule has 0 saturated carbocycles. The van der Waals surface area contributed by atoms with Gasteiger partial charge < -0.3 is 16.0 Å². The van der Waals surface area contributed by atoms with E-state index >= 15 is 0 Å². The fourth-order valence-electron chi connectivity index (χ4n) is 1.60. The summed E-state index contributed by atoms with van der Waals surface area (Å²) in [7, 11) is 0. The third kappa shape index (κ3) is 5.26. The van der Waals surface area contributed by atoms with E-state index in [1.165, 1.54) is 12.5 Å². The smallest absolute Gasteiger partial charge is 0.268 e. The largest absolute Gasteiger partial charge is 0.662 e. The van der Waals surface area contributed by atoms with Crippen molar-refractivity contribution in [2.45, 2.75) is 6.42 Å². The van der Waals surface area contributed by atoms with Gasteiger partial charge >= 0.3 is 0 Å². The first-order valence-electron chi connectivity index (χ1n) is 6.45. The average Bonchev–Trinajstić information content (AvgIpc) is 2.36. The van der Waals surface area contributed by atoms with Crippen molar-refractivity contribution in [2.24, 2.45) is 0 Å². The fourth-order valence-corrected chi connectivity index (χ4v) is 1.60. The van der Waals surface area contributed by atoms with Gasteiger partial charge in [0.05, 0.1) is 4.92 Å². The second kappa shape index (κ2) is 8.95. The Morgan fingerprint density at radius 3 is 2.26 bits per heavy atom. The number of aromatic nitrogens is 1. The topological polar surface area (TPSA) is 93.9 Å². The van der Waals surface area contributed by atoms with Crippen LogP contribution in [0.5, 0.6) is 0 Å². The molecule has 1 N–H and O–H groups in total. The van der Waals surface area contributed by atoms with Gasteiger partial charge in [-0.2, -0.15) is 13.1 Å². The van der Waals surface area contributed by atoms with Crippen molar-refractivity contribution < 1.29 is 46.4 Å². The van der Waals surface area contributed by atoms with Crippen molar-refractivity contribution in [3.63, 3.8) is 0 Å². The summed E-state index contributed by atoms with van der Waals surface area (Å²) in [5, 5.41) is 14.4. The van der Waals surface area contributed by atoms with Gasteiger partial charge in [0, 0.05) is 56.2 Å². The Balaban J connectivity index is 0.000000461. The first-order valence-corrected chi connectivity index (χ1v) is 6.45. The molecule has 3 rings (SSSR count). The third-order valence-corrected chi connectivity index (χ3v) is 2.91. The summed E-state index contributed by atoms with van der Waals surface area (Å²) in [6.45, 7) is 2.25. The first-order chi connectivity index (χ1) is 10.5. The Bertz CT molecular complexity index is 692. The minimum atomic E-state index is -0.837. The SMILES string of the molecule is C1C[N-]C1.[NH-]c1nc(-c2ccc(F)cc2F)ccc1[N+](=O)[O-].[Y]. The minimum absolute atomic E-state index is 0. The van der Waals surface area contributed by atoms with Crippen LogP contribution in [0.3, 0.4) is 0 Å². The third-order valence-electron chi connectivity index (χ3n) is 2.91. The van der Waals surface area contributed by atoms with Crippen molar-refractivity contribution >= 4 is 11.5 Å². The molecule has 119 valence electrons. The van der Waals surface area contributed by atoms with E-state index in [2.05, 4.69) is 10.3 Å². The van der Waals surface area contributed by atoms with Gasteiger partial charge in [0.25, 0.3) is 5.69 Å². The number of benzene rings is 1. The summed E-state index contributed by atoms with van der Waals surface area (Å²) in [5.41, 5.74) is 6.91. The summed E-state index contributed by atoms with van der Waals surface area (Å²) in [4.78, 5) is 13.4. The van der Waals surface area contributed by atoms with Gasteiger partial charge in [-0.05, 0) is 17.8 Å². The van der Waals surface area contributed by atoms with Crippen molar-refractivity contribution in [3.8, 4) is 11.3 Å². The predicted molar refractivity (Wildman–Crippen MR) is 77.9 cm³/mol. The van der Waals surface area contributed by atoms with Gasteiger partial charge in [-0.1, -0.05) is 12.5 Å². The summed E-state index contributed by atoms with van der Waals surface area (Å²) in [5.74, 6) is -2.14. The second-order valence-corrected chi connectivity index (χ2v) is 4.47. The molecular weight excluding hydrogens is 383 g/mol. The molecule has 23 heavy (non-hydrogen) atoms. The van der Waals surface area contributed by atoms with Gasteiger partial charge in [-0.3, -0.25) is 10.1 Å². The number of hydrogen-bond acceptors (Lipinski definition) is 3. The Kier molecular flexibility index (Phi) is 7.61. The number of hydrogen-bond donors (Lipinski definition) is 0. The van der Waals surface area contributed by atoms with E-state index in [0.29, 0.717) is 6.07 Å². The fraction of sp³-hybridized carbons (Fsp3) is 0.214. The Hall–Kier alpha value is -1.51. The number of halogens is 2. The maximum atomic E-state index is 13.5. The minimum Gasteiger partial charge on any atom is -0.662 e. The van der Waals surface area contributed by atoms with E-state index in [4.69, 9.17) is 5.73 Å². The molecule has 0 bridgehead atoms. The summed E-state index contributed by atoms with van der Waals surface area (Å²) >= 11 is 0. The standard InChI is InChI=1S/C11H6F2N3O2.C3H6N.Y/c12-6-1-2-7(8(13)5-6)9-3-4-10(16(17)18)11(14)15-9;1-2-4-3-1;/h1-5H,(H-,14,15);1-3H2;/q2*-1;. The van der Waals surface area contributed by atoms with Crippen molar-refractivity contribution in [3.05, 3.63) is 63.1 Å². The van der Waals surface area contributed by atoms with Crippen molar-refractivity contribution in [1.29, 1.82) is 0 Å². The zero-order valence-corrected chi connectivity index (χ0v) is 14.8. The Morgan fingerprint density at radius 1 is 1.22 bits per heavy atom. The maximum Gasteiger partial charge on any atom is 0.268 e. The van der Waals surface area contributed by atoms with E-state index in [1.807, 2.05) is 0 Å². The molecular formula is C14H12F2N4O2Y-2. The number of rotatable bonds is 2. The van der Waals surface area contributed by atoms with Crippen LogP contribution in [0, 0.1) is 21.7 Å². The number of nitrogens with zero attached hydrogens (tertiary/aromatic N) is 3. The van der Waals surface area contributed by atoms with Gasteiger partial charge in [-0.15, -0.1) is 0 Å². The average molecular weight is 395 g/mol. The van der Waals surface area contributed by atoms with E-state index in [0.717, 1.165) is 31.3 Å². The molecule has 2 aromatic rings. The number of pyridine rings is 1. The van der Waals surface area contributed by atoms with Crippen LogP contribution in [-0.4, -0.2) is 23.0 Å². The molecule has 1 fully saturated rings. The van der Waals surface area contributed by atoms with E-state index in [-0.39, 0.29) is 44.0 Å². The molecule has 9 heteroatoms. The molecule has 0 spiro atoms. The van der Waals surface area contributed by atoms with Crippen LogP contribution in [0.4, 0.5) is 20.3 Å². The van der Waals surface area contributed by atoms with E-state index in [9.17, 15) is 18.9 Å². The van der Waals surface area contributed by atoms with E-state index in [1.54, 1.807) is 0 Å². The van der Waals surface area contributed by atoms with Gasteiger partial charge in [0.15, 0.2) is 0 Å². The zero-order chi connectivity index (χ0) is 16.1. The van der Waals surface area contributed by atoms with Crippen LogP contribution in [0.15, 0.2) is 30.3 Å². The maximum absolute atomic E-state index is 13.5. The Labute approximate surface area is 156 Å². The van der Waals surface area contributed by atoms with Gasteiger partial charge in [0.1, 0.15) is 11.6 Å². The van der Waals surface area contributed by atoms with Crippen LogP contribution < -0.4 is 0 Å². The van der Waals surface area contributed by atoms with Crippen LogP contribution in [0.1, 0.15) is 6.42 Å². The second-order valence-electron chi connectivity index (χ2n) is 4.47. The molecule has 2 heterocycles. The molecule has 1 saturated heterocycles. The molecule has 1 aromatic heterocycles. The molecule has 0 amide bonds. The summed E-state index contributed by atoms with van der Waals surface area (Å²) in [6, 6.07) is 5.17. The number of nitrogens with one attached hydrogen (secondary N) is 1. The first kappa shape index (κ1) is 19.5. The van der Waals surface area contributed by atoms with Crippen molar-refractivity contribution in [2.75, 3.05) is 13.1 Å². The summed E-state index contributed by atoms with van der Waals surface area (Å²) < 4.78 is 26.2. The quantitative estimate of drug-likeness (QED) is 0.558. The van der Waals surface area contributed by atoms with Crippen LogP contribution in [0.2, 0.25) is 0 Å². The molecule has 6 nitrogen and oxygen atoms in total. The van der Waals surface area contributed by atoms with Crippen LogP contribution >= 0.6 is 0 Å². The summed E-state index contributed by atoms with van der Waals surface area (Å²) in [6.07, 6.45) is 1.33. The zero-order valence-electron chi connectivity index (χ0n) is 12.0. The molecule has 1 aliphatic rings. The molecule has 1 radical (unpaired) electrons. The monoisotopic (exact) mass is 395 g/mol. The normalized spacial score (nSPS) is 12.3. The molecule has 1 aromatic carbocycles. The molecule has 0 unspecified atom stereocenters. The molecule has 0 atom stereocenters. The van der Waals surface area contributed by atoms with Gasteiger partial charge in [0.2, 0.25) is 0 Å². The van der Waals surface area contributed by atoms with Crippen LogP contribution in [-0.2, 0) is 32.7 Å². The van der Waals surface area contributed by atoms with Crippen LogP contribution in [0.25, 0.3) is 22.3 Å². The Morgan fingerprint density at radius 2 is 1.83 bits per heavy atom. The molecule has 1 aliphatic heterocycles.